The van der Waals surface area contributed by atoms with Gasteiger partial charge in [0.1, 0.15) is 6.33 Å². The van der Waals surface area contributed by atoms with Gasteiger partial charge in [0.05, 0.1) is 0 Å². The molecule has 19 heavy (non-hydrogen) atoms. The monoisotopic (exact) mass is 341 g/mol. The molecule has 102 valence electrons. The Bertz CT molecular complexity index is 501. The SMILES string of the molecule is COCCCn1cnnc1SCc1ccc(Br)cc1. The third-order valence-electron chi connectivity index (χ3n) is 2.61. The molecule has 2 aromatic rings. The Labute approximate surface area is 125 Å². The fourth-order valence-corrected chi connectivity index (χ4v) is 2.78. The van der Waals surface area contributed by atoms with Crippen LogP contribution in [-0.4, -0.2) is 28.5 Å². The molecular weight excluding hydrogens is 326 g/mol. The lowest BCUT2D eigenvalue weighted by molar-refractivity contribution is 0.189. The van der Waals surface area contributed by atoms with Crippen LogP contribution in [0.2, 0.25) is 0 Å². The van der Waals surface area contributed by atoms with E-state index < -0.39 is 0 Å². The highest BCUT2D eigenvalue weighted by molar-refractivity contribution is 9.10. The maximum atomic E-state index is 5.06. The lowest BCUT2D eigenvalue weighted by Crippen LogP contribution is -2.02. The van der Waals surface area contributed by atoms with Crippen molar-refractivity contribution in [2.45, 2.75) is 23.9 Å². The summed E-state index contributed by atoms with van der Waals surface area (Å²) < 4.78 is 8.23. The molecule has 0 amide bonds. The third-order valence-corrected chi connectivity index (χ3v) is 4.19. The third kappa shape index (κ3) is 4.63. The molecule has 0 radical (unpaired) electrons. The van der Waals surface area contributed by atoms with E-state index in [1.54, 1.807) is 25.2 Å². The Hall–Kier alpha value is -0.850. The summed E-state index contributed by atoms with van der Waals surface area (Å²) in [5.41, 5.74) is 1.28. The topological polar surface area (TPSA) is 39.9 Å². The maximum Gasteiger partial charge on any atom is 0.191 e. The van der Waals surface area contributed by atoms with E-state index in [1.165, 1.54) is 5.56 Å². The Kier molecular flexibility index (Phi) is 5.88. The fraction of sp³-hybridized carbons (Fsp3) is 0.385. The molecule has 1 heterocycles. The van der Waals surface area contributed by atoms with E-state index in [-0.39, 0.29) is 0 Å². The molecule has 0 unspecified atom stereocenters. The standard InChI is InChI=1S/C13H16BrN3OS/c1-18-8-2-7-17-10-15-16-13(17)19-9-11-3-5-12(14)6-4-11/h3-6,10H,2,7-9H2,1H3. The van der Waals surface area contributed by atoms with Gasteiger partial charge in [-0.1, -0.05) is 39.8 Å². The molecule has 0 aliphatic heterocycles. The average molecular weight is 342 g/mol. The summed E-state index contributed by atoms with van der Waals surface area (Å²) in [6, 6.07) is 8.34. The summed E-state index contributed by atoms with van der Waals surface area (Å²) in [4.78, 5) is 0. The lowest BCUT2D eigenvalue weighted by atomic mass is 10.2. The minimum Gasteiger partial charge on any atom is -0.385 e. The predicted molar refractivity (Wildman–Crippen MR) is 80.2 cm³/mol. The zero-order valence-corrected chi connectivity index (χ0v) is 13.2. The molecule has 1 aromatic carbocycles. The highest BCUT2D eigenvalue weighted by Gasteiger charge is 2.05. The quantitative estimate of drug-likeness (QED) is 0.571. The van der Waals surface area contributed by atoms with Gasteiger partial charge in [-0.05, 0) is 24.1 Å². The zero-order valence-electron chi connectivity index (χ0n) is 10.8. The summed E-state index contributed by atoms with van der Waals surface area (Å²) in [5, 5.41) is 9.08. The number of methoxy groups -OCH3 is 1. The highest BCUT2D eigenvalue weighted by atomic mass is 79.9. The number of hydrogen-bond acceptors (Lipinski definition) is 4. The smallest absolute Gasteiger partial charge is 0.191 e. The molecular formula is C13H16BrN3OS. The number of aryl methyl sites for hydroxylation is 1. The lowest BCUT2D eigenvalue weighted by Gasteiger charge is -2.06. The van der Waals surface area contributed by atoms with Gasteiger partial charge >= 0.3 is 0 Å². The molecule has 0 saturated heterocycles. The van der Waals surface area contributed by atoms with Gasteiger partial charge in [-0.15, -0.1) is 10.2 Å². The molecule has 0 saturated carbocycles. The first kappa shape index (κ1) is 14.6. The van der Waals surface area contributed by atoms with E-state index in [0.29, 0.717) is 0 Å². The number of hydrogen-bond donors (Lipinski definition) is 0. The van der Waals surface area contributed by atoms with E-state index in [4.69, 9.17) is 4.74 Å². The second kappa shape index (κ2) is 7.67. The van der Waals surface area contributed by atoms with Crippen LogP contribution < -0.4 is 0 Å². The summed E-state index contributed by atoms with van der Waals surface area (Å²) in [6.45, 7) is 1.65. The predicted octanol–water partition coefficient (Wildman–Crippen LogP) is 3.37. The van der Waals surface area contributed by atoms with Gasteiger partial charge in [0, 0.05) is 30.5 Å². The van der Waals surface area contributed by atoms with Crippen LogP contribution >= 0.6 is 27.7 Å². The Balaban J connectivity index is 1.88. The number of halogens is 1. The van der Waals surface area contributed by atoms with Crippen molar-refractivity contribution in [2.75, 3.05) is 13.7 Å². The maximum absolute atomic E-state index is 5.06. The first-order valence-corrected chi connectivity index (χ1v) is 7.81. The van der Waals surface area contributed by atoms with Crippen molar-refractivity contribution < 1.29 is 4.74 Å². The van der Waals surface area contributed by atoms with Crippen LogP contribution in [0.1, 0.15) is 12.0 Å². The van der Waals surface area contributed by atoms with Gasteiger partial charge in [-0.2, -0.15) is 0 Å². The van der Waals surface area contributed by atoms with Crippen molar-refractivity contribution in [1.29, 1.82) is 0 Å². The van der Waals surface area contributed by atoms with Crippen LogP contribution in [0.5, 0.6) is 0 Å². The average Bonchev–Trinajstić information content (AvgIpc) is 2.86. The molecule has 2 rings (SSSR count). The van der Waals surface area contributed by atoms with Gasteiger partial charge in [0.25, 0.3) is 0 Å². The molecule has 1 aromatic heterocycles. The van der Waals surface area contributed by atoms with Crippen LogP contribution in [0, 0.1) is 0 Å². The molecule has 0 aliphatic carbocycles. The van der Waals surface area contributed by atoms with Crippen LogP contribution in [0.15, 0.2) is 40.2 Å². The Morgan fingerprint density at radius 3 is 2.84 bits per heavy atom. The van der Waals surface area contributed by atoms with E-state index in [1.807, 2.05) is 0 Å². The molecule has 4 nitrogen and oxygen atoms in total. The van der Waals surface area contributed by atoms with Crippen LogP contribution in [0.4, 0.5) is 0 Å². The summed E-state index contributed by atoms with van der Waals surface area (Å²) in [5.74, 6) is 0.899. The normalized spacial score (nSPS) is 10.8. The number of rotatable bonds is 7. The first-order valence-electron chi connectivity index (χ1n) is 6.03. The van der Waals surface area contributed by atoms with Crippen molar-refractivity contribution in [1.82, 2.24) is 14.8 Å². The van der Waals surface area contributed by atoms with Gasteiger partial charge < -0.3 is 9.30 Å². The summed E-state index contributed by atoms with van der Waals surface area (Å²) in [6.07, 6.45) is 2.75. The molecule has 0 atom stereocenters. The molecule has 0 bridgehead atoms. The van der Waals surface area contributed by atoms with Crippen LogP contribution in [0.3, 0.4) is 0 Å². The van der Waals surface area contributed by atoms with E-state index in [0.717, 1.165) is 35.0 Å². The molecule has 0 fully saturated rings. The number of aromatic nitrogens is 3. The minimum atomic E-state index is 0.759. The van der Waals surface area contributed by atoms with Crippen molar-refractivity contribution in [3.8, 4) is 0 Å². The largest absolute Gasteiger partial charge is 0.385 e. The van der Waals surface area contributed by atoms with E-state index in [9.17, 15) is 0 Å². The second-order valence-corrected chi connectivity index (χ2v) is 5.93. The molecule has 0 spiro atoms. The molecule has 6 heteroatoms. The Morgan fingerprint density at radius 2 is 2.11 bits per heavy atom. The summed E-state index contributed by atoms with van der Waals surface area (Å²) in [7, 11) is 1.72. The molecule has 0 N–H and O–H groups in total. The van der Waals surface area contributed by atoms with E-state index >= 15 is 0 Å². The number of benzene rings is 1. The van der Waals surface area contributed by atoms with Gasteiger partial charge in [0.2, 0.25) is 0 Å². The van der Waals surface area contributed by atoms with Crippen molar-refractivity contribution in [3.63, 3.8) is 0 Å². The fourth-order valence-electron chi connectivity index (χ4n) is 1.62. The minimum absolute atomic E-state index is 0.759. The van der Waals surface area contributed by atoms with Crippen molar-refractivity contribution >= 4 is 27.7 Å². The van der Waals surface area contributed by atoms with Crippen molar-refractivity contribution in [2.24, 2.45) is 0 Å². The van der Waals surface area contributed by atoms with Gasteiger partial charge in [0.15, 0.2) is 5.16 Å². The Morgan fingerprint density at radius 1 is 1.32 bits per heavy atom. The number of ether oxygens (including phenoxy) is 1. The molecule has 0 aliphatic rings. The second-order valence-electron chi connectivity index (χ2n) is 4.07. The van der Waals surface area contributed by atoms with Crippen molar-refractivity contribution in [3.05, 3.63) is 40.6 Å². The first-order chi connectivity index (χ1) is 9.29. The number of thioether (sulfide) groups is 1. The highest BCUT2D eigenvalue weighted by Crippen LogP contribution is 2.21. The van der Waals surface area contributed by atoms with E-state index in [2.05, 4.69) is 55.0 Å². The van der Waals surface area contributed by atoms with Crippen LogP contribution in [-0.2, 0) is 17.0 Å². The van der Waals surface area contributed by atoms with Gasteiger partial charge in [-0.25, -0.2) is 0 Å². The van der Waals surface area contributed by atoms with Crippen LogP contribution in [0.25, 0.3) is 0 Å². The summed E-state index contributed by atoms with van der Waals surface area (Å²) >= 11 is 5.14. The van der Waals surface area contributed by atoms with Gasteiger partial charge in [-0.3, -0.25) is 0 Å². The number of nitrogens with zero attached hydrogens (tertiary/aromatic N) is 3. The zero-order chi connectivity index (χ0) is 13.5.